The summed E-state index contributed by atoms with van der Waals surface area (Å²) in [6.07, 6.45) is 4.08. The van der Waals surface area contributed by atoms with Crippen LogP contribution in [0.25, 0.3) is 33.4 Å². The van der Waals surface area contributed by atoms with Crippen LogP contribution < -0.4 is 5.32 Å². The molecule has 0 saturated carbocycles. The van der Waals surface area contributed by atoms with E-state index in [-0.39, 0.29) is 61.5 Å². The maximum Gasteiger partial charge on any atom is 0.210 e. The van der Waals surface area contributed by atoms with Gasteiger partial charge in [-0.1, -0.05) is 60.7 Å². The number of hydrogen-bond donors (Lipinski definition) is 3. The van der Waals surface area contributed by atoms with Crippen molar-refractivity contribution in [3.63, 3.8) is 0 Å². The van der Waals surface area contributed by atoms with Gasteiger partial charge >= 0.3 is 0 Å². The van der Waals surface area contributed by atoms with E-state index in [0.717, 1.165) is 28.9 Å². The lowest BCUT2D eigenvalue weighted by Crippen LogP contribution is -2.59. The van der Waals surface area contributed by atoms with E-state index in [2.05, 4.69) is 5.32 Å². The molecular formula is C47H41ClF2N6O3. The zero-order valence-electron chi connectivity index (χ0n) is 32.4. The number of pyridine rings is 2. The summed E-state index contributed by atoms with van der Waals surface area (Å²) in [5.41, 5.74) is 6.37. The highest BCUT2D eigenvalue weighted by Gasteiger charge is 2.50. The molecule has 3 N–H and O–H groups in total. The molecule has 9 nitrogen and oxygen atoms in total. The summed E-state index contributed by atoms with van der Waals surface area (Å²) in [4.78, 5) is 25.3. The average Bonchev–Trinajstić information content (AvgIpc) is 3.73. The fourth-order valence-corrected chi connectivity index (χ4v) is 8.92. The molecule has 1 saturated heterocycles. The summed E-state index contributed by atoms with van der Waals surface area (Å²) in [5.74, 6) is -0.849. The van der Waals surface area contributed by atoms with E-state index in [1.54, 1.807) is 43.0 Å². The molecule has 1 aliphatic rings. The Balaban J connectivity index is 0.00000484. The maximum atomic E-state index is 15.4. The highest BCUT2D eigenvalue weighted by Crippen LogP contribution is 2.50. The Hall–Kier alpha value is -6.56. The van der Waals surface area contributed by atoms with Gasteiger partial charge in [-0.2, -0.15) is 0 Å². The van der Waals surface area contributed by atoms with Crippen molar-refractivity contribution in [1.29, 1.82) is 0 Å². The Morgan fingerprint density at radius 1 is 0.695 bits per heavy atom. The summed E-state index contributed by atoms with van der Waals surface area (Å²) in [6, 6.07) is 32.8. The van der Waals surface area contributed by atoms with E-state index in [1.165, 1.54) is 24.5 Å². The highest BCUT2D eigenvalue weighted by atomic mass is 35.5. The third-order valence-corrected chi connectivity index (χ3v) is 11.6. The number of aromatic nitrogens is 4. The lowest BCUT2D eigenvalue weighted by Gasteiger charge is -2.47. The molecule has 4 aromatic carbocycles. The quantitative estimate of drug-likeness (QED) is 0.126. The molecule has 0 bridgehead atoms. The second-order valence-electron chi connectivity index (χ2n) is 14.9. The number of para-hydroxylation sites is 2. The van der Waals surface area contributed by atoms with E-state index in [9.17, 15) is 15.0 Å². The first-order valence-corrected chi connectivity index (χ1v) is 19.2. The number of hydrogen-bond acceptors (Lipinski definition) is 6. The topological polar surface area (TPSA) is 108 Å². The van der Waals surface area contributed by atoms with Crippen molar-refractivity contribution in [2.24, 2.45) is 0 Å². The molecule has 298 valence electrons. The van der Waals surface area contributed by atoms with Gasteiger partial charge in [0.15, 0.2) is 0 Å². The molecule has 0 aliphatic carbocycles. The number of nitrogens with zero attached hydrogens (tertiary/aromatic N) is 5. The molecule has 0 radical (unpaired) electrons. The Labute approximate surface area is 345 Å². The zero-order valence-corrected chi connectivity index (χ0v) is 33.2. The zero-order chi connectivity index (χ0) is 40.1. The standard InChI is InChI=1S/C47H40F2N6O3.ClH/c1-29-31(11-9-17-39(29)48)21-41-43(37-23-35(57)25-51-45(37)54(41)33-13-5-3-6-14-33)47(27-50-19-20-53(47)28-56)44-38-24-36(58)26-52-46(38)55(34-15-7-4-8-16-34)42(44)22-32-12-10-18-40(49)30(32)2;/h3-18,23-26,28,50,57-58H,19-22,27H2,1-2H3;1H. The van der Waals surface area contributed by atoms with Crippen molar-refractivity contribution in [3.05, 3.63) is 178 Å². The van der Waals surface area contributed by atoms with Gasteiger partial charge in [0.2, 0.25) is 6.41 Å². The number of fused-ring (bicyclic) bond motifs is 2. The van der Waals surface area contributed by atoms with Gasteiger partial charge in [0, 0.05) is 77.1 Å². The smallest absolute Gasteiger partial charge is 0.210 e. The number of halogens is 3. The first-order chi connectivity index (χ1) is 28.2. The summed E-state index contributed by atoms with van der Waals surface area (Å²) in [7, 11) is 0. The van der Waals surface area contributed by atoms with Crippen molar-refractivity contribution >= 4 is 40.9 Å². The fraction of sp³-hybridized carbons (Fsp3) is 0.170. The van der Waals surface area contributed by atoms with Crippen molar-refractivity contribution in [3.8, 4) is 22.9 Å². The van der Waals surface area contributed by atoms with Gasteiger partial charge in [-0.3, -0.25) is 13.9 Å². The second kappa shape index (κ2) is 15.7. The predicted octanol–water partition coefficient (Wildman–Crippen LogP) is 8.58. The molecule has 0 atom stereocenters. The molecule has 59 heavy (non-hydrogen) atoms. The summed E-state index contributed by atoms with van der Waals surface area (Å²) in [5, 5.41) is 27.2. The summed E-state index contributed by atoms with van der Waals surface area (Å²) in [6.45, 7) is 4.47. The lowest BCUT2D eigenvalue weighted by atomic mass is 9.75. The van der Waals surface area contributed by atoms with Crippen LogP contribution in [-0.4, -0.2) is 60.3 Å². The Morgan fingerprint density at radius 3 is 1.59 bits per heavy atom. The molecule has 12 heteroatoms. The third-order valence-electron chi connectivity index (χ3n) is 11.6. The molecule has 8 aromatic rings. The number of nitrogens with one attached hydrogen (secondary N) is 1. The van der Waals surface area contributed by atoms with Crippen LogP contribution in [0.5, 0.6) is 11.5 Å². The number of benzene rings is 4. The molecule has 1 amide bonds. The first-order valence-electron chi connectivity index (χ1n) is 19.2. The minimum absolute atomic E-state index is 0. The van der Waals surface area contributed by atoms with Crippen LogP contribution in [-0.2, 0) is 23.2 Å². The predicted molar refractivity (Wildman–Crippen MR) is 227 cm³/mol. The normalized spacial score (nSPS) is 13.8. The number of carbonyl (C=O) groups is 1. The summed E-state index contributed by atoms with van der Waals surface area (Å²) >= 11 is 0. The molecule has 5 heterocycles. The molecule has 4 aromatic heterocycles. The number of amides is 1. The third kappa shape index (κ3) is 6.47. The largest absolute Gasteiger partial charge is 0.506 e. The van der Waals surface area contributed by atoms with Crippen LogP contribution in [0.2, 0.25) is 0 Å². The number of aromatic hydroxyl groups is 2. The van der Waals surface area contributed by atoms with Crippen molar-refractivity contribution < 1.29 is 23.8 Å². The number of rotatable bonds is 9. The van der Waals surface area contributed by atoms with Crippen LogP contribution in [0.3, 0.4) is 0 Å². The number of piperazine rings is 1. The van der Waals surface area contributed by atoms with Gasteiger partial charge in [-0.05, 0) is 84.6 Å². The van der Waals surface area contributed by atoms with E-state index in [0.29, 0.717) is 62.3 Å². The number of carbonyl (C=O) groups excluding carboxylic acids is 1. The van der Waals surface area contributed by atoms with Gasteiger partial charge in [0.25, 0.3) is 0 Å². The van der Waals surface area contributed by atoms with Crippen molar-refractivity contribution in [2.75, 3.05) is 19.6 Å². The Kier molecular flexibility index (Phi) is 10.4. The Morgan fingerprint density at radius 2 is 1.15 bits per heavy atom. The van der Waals surface area contributed by atoms with Crippen LogP contribution in [0.4, 0.5) is 8.78 Å². The lowest BCUT2D eigenvalue weighted by molar-refractivity contribution is -0.124. The average molecular weight is 811 g/mol. The minimum Gasteiger partial charge on any atom is -0.506 e. The maximum absolute atomic E-state index is 15.4. The van der Waals surface area contributed by atoms with Crippen LogP contribution in [0.15, 0.2) is 122 Å². The van der Waals surface area contributed by atoms with Crippen LogP contribution in [0, 0.1) is 25.5 Å². The van der Waals surface area contributed by atoms with Gasteiger partial charge < -0.3 is 20.4 Å². The Bertz CT molecular complexity index is 2680. The van der Waals surface area contributed by atoms with Gasteiger partial charge in [0.05, 0.1) is 12.4 Å². The van der Waals surface area contributed by atoms with E-state index < -0.39 is 5.54 Å². The van der Waals surface area contributed by atoms with E-state index in [4.69, 9.17) is 9.97 Å². The van der Waals surface area contributed by atoms with E-state index in [1.807, 2.05) is 81.9 Å². The minimum atomic E-state index is -1.38. The molecular weight excluding hydrogens is 770 g/mol. The van der Waals surface area contributed by atoms with E-state index >= 15 is 8.78 Å². The van der Waals surface area contributed by atoms with Gasteiger partial charge in [0.1, 0.15) is 40.0 Å². The molecule has 9 rings (SSSR count). The summed E-state index contributed by atoms with van der Waals surface area (Å²) < 4.78 is 34.8. The molecule has 0 spiro atoms. The monoisotopic (exact) mass is 810 g/mol. The van der Waals surface area contributed by atoms with Gasteiger partial charge in [-0.25, -0.2) is 18.7 Å². The van der Waals surface area contributed by atoms with Crippen LogP contribution >= 0.6 is 12.4 Å². The molecule has 1 fully saturated rings. The highest BCUT2D eigenvalue weighted by molar-refractivity contribution is 5.93. The first kappa shape index (κ1) is 39.3. The van der Waals surface area contributed by atoms with Gasteiger partial charge in [-0.15, -0.1) is 12.4 Å². The SMILES string of the molecule is Cc1c(F)cccc1Cc1c(C2(c3c(Cc4cccc(F)c4C)n(-c4ccccc4)c4ncc(O)cc34)CNCCN2C=O)c2cc(O)cnc2n1-c1ccccc1.Cl. The second-order valence-corrected chi connectivity index (χ2v) is 14.9. The molecule has 1 aliphatic heterocycles. The fourth-order valence-electron chi connectivity index (χ4n) is 8.92. The molecule has 0 unspecified atom stereocenters. The van der Waals surface area contributed by atoms with Crippen molar-refractivity contribution in [1.82, 2.24) is 29.3 Å². The van der Waals surface area contributed by atoms with Crippen LogP contribution in [0.1, 0.15) is 44.8 Å². The van der Waals surface area contributed by atoms with Crippen molar-refractivity contribution in [2.45, 2.75) is 32.2 Å².